The average Bonchev–Trinajstić information content (AvgIpc) is 2.54. The molecule has 0 aromatic heterocycles. The first kappa shape index (κ1) is 22.9. The summed E-state index contributed by atoms with van der Waals surface area (Å²) in [7, 11) is -3.16. The van der Waals surface area contributed by atoms with Gasteiger partial charge in [-0.05, 0) is 36.0 Å². The number of hydrogen-bond donors (Lipinski definition) is 2. The van der Waals surface area contributed by atoms with E-state index in [4.69, 9.17) is 5.73 Å². The Labute approximate surface area is 163 Å². The van der Waals surface area contributed by atoms with Crippen molar-refractivity contribution in [2.45, 2.75) is 69.9 Å². The molecule has 0 saturated heterocycles. The molecule has 148 valence electrons. The van der Waals surface area contributed by atoms with Crippen LogP contribution < -0.4 is 11.1 Å². The Morgan fingerprint density at radius 2 is 1.85 bits per heavy atom. The molecule has 5 nitrogen and oxygen atoms in total. The van der Waals surface area contributed by atoms with Crippen molar-refractivity contribution in [1.82, 2.24) is 0 Å². The molecule has 1 fully saturated rings. The van der Waals surface area contributed by atoms with Gasteiger partial charge in [-0.2, -0.15) is 0 Å². The highest BCUT2D eigenvalue weighted by molar-refractivity contribution is 7.91. The summed E-state index contributed by atoms with van der Waals surface area (Å²) < 4.78 is 25.2. The van der Waals surface area contributed by atoms with Crippen LogP contribution in [0.5, 0.6) is 0 Å². The fourth-order valence-electron chi connectivity index (χ4n) is 3.13. The quantitative estimate of drug-likeness (QED) is 0.786. The number of hydrogen-bond acceptors (Lipinski definition) is 4. The van der Waals surface area contributed by atoms with Gasteiger partial charge in [-0.25, -0.2) is 8.42 Å². The summed E-state index contributed by atoms with van der Waals surface area (Å²) >= 11 is 0. The fraction of sp³-hybridized carbons (Fsp3) is 0.632. The number of sulfone groups is 1. The zero-order chi connectivity index (χ0) is 18.7. The Morgan fingerprint density at radius 3 is 2.42 bits per heavy atom. The molecule has 1 aliphatic carbocycles. The molecule has 1 atom stereocenters. The van der Waals surface area contributed by atoms with Crippen molar-refractivity contribution in [3.63, 3.8) is 0 Å². The molecule has 3 N–H and O–H groups in total. The minimum absolute atomic E-state index is 0. The number of nitrogens with one attached hydrogen (secondary N) is 1. The van der Waals surface area contributed by atoms with Crippen LogP contribution in [-0.4, -0.2) is 25.6 Å². The molecule has 0 heterocycles. The summed E-state index contributed by atoms with van der Waals surface area (Å²) in [5.74, 6) is -0.244. The maximum absolute atomic E-state index is 12.6. The first-order chi connectivity index (χ1) is 11.6. The summed E-state index contributed by atoms with van der Waals surface area (Å²) in [6, 6.07) is 6.41. The Balaban J connectivity index is 0.00000338. The molecule has 1 amide bonds. The molecule has 1 aromatic rings. The van der Waals surface area contributed by atoms with E-state index in [1.165, 1.54) is 0 Å². The monoisotopic (exact) mass is 402 g/mol. The lowest BCUT2D eigenvalue weighted by Crippen LogP contribution is -2.45. The van der Waals surface area contributed by atoms with Gasteiger partial charge in [-0.3, -0.25) is 4.79 Å². The molecule has 0 spiro atoms. The molecule has 26 heavy (non-hydrogen) atoms. The largest absolute Gasteiger partial charge is 0.325 e. The highest BCUT2D eigenvalue weighted by Crippen LogP contribution is 2.27. The van der Waals surface area contributed by atoms with E-state index in [0.717, 1.165) is 32.1 Å². The standard InChI is InChI=1S/C19H30N2O3S.ClH/c1-19(2,3)17(20)18(22)21-15-9-7-8-14(12-15)13-25(23,24)16-10-5-4-6-11-16;/h7-9,12,16-17H,4-6,10-11,13,20H2,1-3H3,(H,21,22);1H/t17-;/m1./s1. The van der Waals surface area contributed by atoms with E-state index in [2.05, 4.69) is 5.32 Å². The van der Waals surface area contributed by atoms with Gasteiger partial charge in [-0.15, -0.1) is 12.4 Å². The number of halogens is 1. The van der Waals surface area contributed by atoms with Crippen LogP contribution in [0.25, 0.3) is 0 Å². The average molecular weight is 403 g/mol. The lowest BCUT2D eigenvalue weighted by atomic mass is 9.87. The van der Waals surface area contributed by atoms with E-state index in [9.17, 15) is 13.2 Å². The third-order valence-corrected chi connectivity index (χ3v) is 7.06. The van der Waals surface area contributed by atoms with Gasteiger partial charge in [0.15, 0.2) is 9.84 Å². The van der Waals surface area contributed by atoms with Crippen LogP contribution >= 0.6 is 12.4 Å². The van der Waals surface area contributed by atoms with Crippen molar-refractivity contribution >= 4 is 33.8 Å². The van der Waals surface area contributed by atoms with E-state index in [1.54, 1.807) is 24.3 Å². The summed E-state index contributed by atoms with van der Waals surface area (Å²) in [5.41, 5.74) is 6.92. The number of carbonyl (C=O) groups excluding carboxylic acids is 1. The smallest absolute Gasteiger partial charge is 0.241 e. The van der Waals surface area contributed by atoms with Crippen LogP contribution in [0, 0.1) is 5.41 Å². The van der Waals surface area contributed by atoms with E-state index in [0.29, 0.717) is 11.3 Å². The zero-order valence-electron chi connectivity index (χ0n) is 15.8. The number of nitrogens with two attached hydrogens (primary N) is 1. The van der Waals surface area contributed by atoms with Gasteiger partial charge in [0.2, 0.25) is 5.91 Å². The van der Waals surface area contributed by atoms with Gasteiger partial charge in [0.1, 0.15) is 0 Å². The van der Waals surface area contributed by atoms with E-state index in [1.807, 2.05) is 20.8 Å². The van der Waals surface area contributed by atoms with Crippen LogP contribution in [0.3, 0.4) is 0 Å². The maximum Gasteiger partial charge on any atom is 0.241 e. The topological polar surface area (TPSA) is 89.3 Å². The second-order valence-electron chi connectivity index (χ2n) is 8.10. The molecule has 2 rings (SSSR count). The van der Waals surface area contributed by atoms with Crippen molar-refractivity contribution in [3.8, 4) is 0 Å². The molecule has 0 radical (unpaired) electrons. The van der Waals surface area contributed by atoms with Crippen molar-refractivity contribution in [3.05, 3.63) is 29.8 Å². The third kappa shape index (κ3) is 6.25. The van der Waals surface area contributed by atoms with E-state index < -0.39 is 15.9 Å². The van der Waals surface area contributed by atoms with Gasteiger partial charge in [0, 0.05) is 5.69 Å². The summed E-state index contributed by atoms with van der Waals surface area (Å²) in [6.07, 6.45) is 4.63. The Morgan fingerprint density at radius 1 is 1.23 bits per heavy atom. The van der Waals surface area contributed by atoms with Crippen molar-refractivity contribution in [1.29, 1.82) is 0 Å². The van der Waals surface area contributed by atoms with Crippen molar-refractivity contribution < 1.29 is 13.2 Å². The predicted molar refractivity (Wildman–Crippen MR) is 109 cm³/mol. The SMILES string of the molecule is CC(C)(C)[C@H](N)C(=O)Nc1cccc(CS(=O)(=O)C2CCCCC2)c1.Cl. The highest BCUT2D eigenvalue weighted by atomic mass is 35.5. The second kappa shape index (κ2) is 9.20. The highest BCUT2D eigenvalue weighted by Gasteiger charge is 2.29. The molecule has 1 aromatic carbocycles. The first-order valence-electron chi connectivity index (χ1n) is 8.96. The number of rotatable bonds is 5. The van der Waals surface area contributed by atoms with Crippen molar-refractivity contribution in [2.75, 3.05) is 5.32 Å². The summed E-state index contributed by atoms with van der Waals surface area (Å²) in [6.45, 7) is 5.72. The molecule has 1 saturated carbocycles. The molecular formula is C19H31ClN2O3S. The normalized spacial score (nSPS) is 17.2. The maximum atomic E-state index is 12.6. The molecule has 7 heteroatoms. The zero-order valence-corrected chi connectivity index (χ0v) is 17.5. The van der Waals surface area contributed by atoms with Gasteiger partial charge in [-0.1, -0.05) is 52.2 Å². The van der Waals surface area contributed by atoms with Crippen LogP contribution in [0.2, 0.25) is 0 Å². The number of anilines is 1. The molecule has 0 unspecified atom stereocenters. The predicted octanol–water partition coefficient (Wildman–Crippen LogP) is 3.67. The number of benzene rings is 1. The molecular weight excluding hydrogens is 372 g/mol. The molecule has 0 aliphatic heterocycles. The van der Waals surface area contributed by atoms with Gasteiger partial charge < -0.3 is 11.1 Å². The van der Waals surface area contributed by atoms with Crippen LogP contribution in [0.4, 0.5) is 5.69 Å². The minimum atomic E-state index is -3.16. The van der Waals surface area contributed by atoms with Gasteiger partial charge in [0.05, 0.1) is 17.0 Å². The molecule has 0 bridgehead atoms. The lowest BCUT2D eigenvalue weighted by Gasteiger charge is -2.26. The minimum Gasteiger partial charge on any atom is -0.325 e. The summed E-state index contributed by atoms with van der Waals surface area (Å²) in [5, 5.41) is 2.57. The second-order valence-corrected chi connectivity index (χ2v) is 10.4. The van der Waals surface area contributed by atoms with Crippen molar-refractivity contribution in [2.24, 2.45) is 11.1 Å². The number of carbonyl (C=O) groups is 1. The van der Waals surface area contributed by atoms with Gasteiger partial charge >= 0.3 is 0 Å². The van der Waals surface area contributed by atoms with Crippen LogP contribution in [0.15, 0.2) is 24.3 Å². The summed E-state index contributed by atoms with van der Waals surface area (Å²) in [4.78, 5) is 12.2. The Kier molecular flexibility index (Phi) is 8.11. The third-order valence-electron chi connectivity index (χ3n) is 4.84. The van der Waals surface area contributed by atoms with E-state index >= 15 is 0 Å². The van der Waals surface area contributed by atoms with Crippen LogP contribution in [-0.2, 0) is 20.4 Å². The Hall–Kier alpha value is -1.11. The van der Waals surface area contributed by atoms with Gasteiger partial charge in [0.25, 0.3) is 0 Å². The first-order valence-corrected chi connectivity index (χ1v) is 10.7. The Bertz CT molecular complexity index is 708. The lowest BCUT2D eigenvalue weighted by molar-refractivity contribution is -0.119. The number of amides is 1. The van der Waals surface area contributed by atoms with E-state index in [-0.39, 0.29) is 34.7 Å². The van der Waals surface area contributed by atoms with Crippen LogP contribution in [0.1, 0.15) is 58.4 Å². The molecule has 1 aliphatic rings. The fourth-order valence-corrected chi connectivity index (χ4v) is 5.06.